The Morgan fingerprint density at radius 3 is 1.84 bits per heavy atom. The zero-order valence-electron chi connectivity index (χ0n) is 16.2. The summed E-state index contributed by atoms with van der Waals surface area (Å²) in [5.41, 5.74) is 20.8. The van der Waals surface area contributed by atoms with Crippen LogP contribution in [0.5, 0.6) is 0 Å². The van der Waals surface area contributed by atoms with Crippen LogP contribution >= 0.6 is 0 Å². The van der Waals surface area contributed by atoms with Crippen LogP contribution in [-0.4, -0.2) is 0 Å². The molecule has 138 valence electrons. The number of nitrogen functional groups attached to an aromatic ring is 2. The molecule has 0 aromatic heterocycles. The number of nitrogens with two attached hydrogens (primary N) is 2. The molecule has 0 radical (unpaired) electrons. The Kier molecular flexibility index (Phi) is 6.09. The van der Waals surface area contributed by atoms with E-state index in [0.717, 1.165) is 17.8 Å². The number of hydrogen-bond acceptors (Lipinski definition) is 2. The molecule has 0 spiro atoms. The molecule has 0 atom stereocenters. The lowest BCUT2D eigenvalue weighted by atomic mass is 9.75. The summed E-state index contributed by atoms with van der Waals surface area (Å²) in [4.78, 5) is 0. The molecule has 0 heterocycles. The minimum absolute atomic E-state index is 0.557. The molecule has 4 N–H and O–H groups in total. The Balaban J connectivity index is 2.12. The van der Waals surface area contributed by atoms with E-state index in [0.29, 0.717) is 11.8 Å². The zero-order chi connectivity index (χ0) is 17.8. The second-order valence-electron chi connectivity index (χ2n) is 8.17. The standard InChI is InChI=1S/C23H36N2/c1-3-4-15-19-20(17-11-7-5-8-12-17)16(2)22(24)21(23(19)25)18-13-9-6-10-14-18/h4,15,17-18H,3,5-14,24-25H2,1-2H3. The van der Waals surface area contributed by atoms with Crippen molar-refractivity contribution in [1.82, 2.24) is 0 Å². The quantitative estimate of drug-likeness (QED) is 0.601. The van der Waals surface area contributed by atoms with Gasteiger partial charge in [-0.25, -0.2) is 0 Å². The van der Waals surface area contributed by atoms with Crippen molar-refractivity contribution < 1.29 is 0 Å². The van der Waals surface area contributed by atoms with Crippen molar-refractivity contribution >= 4 is 17.5 Å². The maximum absolute atomic E-state index is 6.80. The number of hydrogen-bond donors (Lipinski definition) is 2. The fourth-order valence-corrected chi connectivity index (χ4v) is 5.15. The molecule has 0 unspecified atom stereocenters. The molecule has 0 bridgehead atoms. The van der Waals surface area contributed by atoms with Crippen molar-refractivity contribution in [3.8, 4) is 0 Å². The molecule has 3 rings (SSSR count). The summed E-state index contributed by atoms with van der Waals surface area (Å²) in [6.45, 7) is 4.44. The van der Waals surface area contributed by atoms with Gasteiger partial charge >= 0.3 is 0 Å². The maximum atomic E-state index is 6.80. The molecule has 0 aliphatic heterocycles. The summed E-state index contributed by atoms with van der Waals surface area (Å²) >= 11 is 0. The molecule has 0 amide bonds. The average Bonchev–Trinajstić information content (AvgIpc) is 2.65. The van der Waals surface area contributed by atoms with Gasteiger partial charge in [0.15, 0.2) is 0 Å². The van der Waals surface area contributed by atoms with Gasteiger partial charge in [0.2, 0.25) is 0 Å². The Morgan fingerprint density at radius 2 is 1.32 bits per heavy atom. The first-order chi connectivity index (χ1) is 12.1. The van der Waals surface area contributed by atoms with Gasteiger partial charge in [0.25, 0.3) is 0 Å². The molecule has 1 aromatic carbocycles. The van der Waals surface area contributed by atoms with E-state index in [2.05, 4.69) is 26.0 Å². The first kappa shape index (κ1) is 18.4. The van der Waals surface area contributed by atoms with E-state index in [9.17, 15) is 0 Å². The third kappa shape index (κ3) is 3.73. The molecule has 2 aliphatic rings. The van der Waals surface area contributed by atoms with Gasteiger partial charge in [-0.1, -0.05) is 57.6 Å². The highest BCUT2D eigenvalue weighted by Gasteiger charge is 2.28. The molecule has 1 aromatic rings. The van der Waals surface area contributed by atoms with Crippen LogP contribution in [0.4, 0.5) is 11.4 Å². The van der Waals surface area contributed by atoms with Crippen molar-refractivity contribution in [1.29, 1.82) is 0 Å². The fraction of sp³-hybridized carbons (Fsp3) is 0.652. The van der Waals surface area contributed by atoms with Gasteiger partial charge in [-0.3, -0.25) is 0 Å². The largest absolute Gasteiger partial charge is 0.398 e. The van der Waals surface area contributed by atoms with Crippen LogP contribution in [0.3, 0.4) is 0 Å². The summed E-state index contributed by atoms with van der Waals surface area (Å²) in [6, 6.07) is 0. The number of benzene rings is 1. The maximum Gasteiger partial charge on any atom is 0.0446 e. The van der Waals surface area contributed by atoms with Gasteiger partial charge in [-0.2, -0.15) is 0 Å². The second-order valence-corrected chi connectivity index (χ2v) is 8.17. The highest BCUT2D eigenvalue weighted by atomic mass is 14.7. The highest BCUT2D eigenvalue weighted by Crippen LogP contribution is 2.47. The second kappa shape index (κ2) is 8.29. The summed E-state index contributed by atoms with van der Waals surface area (Å²) in [5, 5.41) is 0. The molecule has 2 saturated carbocycles. The molecule has 25 heavy (non-hydrogen) atoms. The van der Waals surface area contributed by atoms with Gasteiger partial charge in [-0.05, 0) is 62.0 Å². The van der Waals surface area contributed by atoms with E-state index >= 15 is 0 Å². The summed E-state index contributed by atoms with van der Waals surface area (Å²) < 4.78 is 0. The predicted octanol–water partition coefficient (Wildman–Crippen LogP) is 6.68. The van der Waals surface area contributed by atoms with Crippen LogP contribution in [0.25, 0.3) is 6.08 Å². The van der Waals surface area contributed by atoms with Crippen LogP contribution in [0.1, 0.15) is 112 Å². The van der Waals surface area contributed by atoms with Gasteiger partial charge in [0.1, 0.15) is 0 Å². The average molecular weight is 341 g/mol. The SMILES string of the molecule is CCC=Cc1c(N)c(C2CCCCC2)c(N)c(C)c1C1CCCCC1. The van der Waals surface area contributed by atoms with Crippen LogP contribution < -0.4 is 11.5 Å². The van der Waals surface area contributed by atoms with Crippen LogP contribution in [-0.2, 0) is 0 Å². The van der Waals surface area contributed by atoms with Crippen molar-refractivity contribution in [3.05, 3.63) is 28.3 Å². The van der Waals surface area contributed by atoms with Gasteiger partial charge in [-0.15, -0.1) is 0 Å². The van der Waals surface area contributed by atoms with E-state index in [1.165, 1.54) is 86.5 Å². The Morgan fingerprint density at radius 1 is 0.800 bits per heavy atom. The van der Waals surface area contributed by atoms with E-state index in [1.54, 1.807) is 0 Å². The van der Waals surface area contributed by atoms with E-state index < -0.39 is 0 Å². The predicted molar refractivity (Wildman–Crippen MR) is 111 cm³/mol. The van der Waals surface area contributed by atoms with Crippen molar-refractivity contribution in [2.24, 2.45) is 0 Å². The third-order valence-electron chi connectivity index (χ3n) is 6.52. The summed E-state index contributed by atoms with van der Waals surface area (Å²) in [6.07, 6.45) is 18.7. The number of rotatable bonds is 4. The van der Waals surface area contributed by atoms with Crippen molar-refractivity contribution in [2.45, 2.75) is 96.3 Å². The zero-order valence-corrected chi connectivity index (χ0v) is 16.2. The van der Waals surface area contributed by atoms with Crippen LogP contribution in [0.2, 0.25) is 0 Å². The van der Waals surface area contributed by atoms with Gasteiger partial charge < -0.3 is 11.5 Å². The van der Waals surface area contributed by atoms with E-state index in [1.807, 2.05) is 0 Å². The van der Waals surface area contributed by atoms with Gasteiger partial charge in [0.05, 0.1) is 0 Å². The van der Waals surface area contributed by atoms with Gasteiger partial charge in [0, 0.05) is 22.5 Å². The lowest BCUT2D eigenvalue weighted by molar-refractivity contribution is 0.439. The topological polar surface area (TPSA) is 52.0 Å². The lowest BCUT2D eigenvalue weighted by Crippen LogP contribution is -2.17. The molecular weight excluding hydrogens is 304 g/mol. The Bertz CT molecular complexity index is 618. The summed E-state index contributed by atoms with van der Waals surface area (Å²) in [7, 11) is 0. The molecular formula is C23H36N2. The number of anilines is 2. The van der Waals surface area contributed by atoms with Crippen LogP contribution in [0, 0.1) is 6.92 Å². The van der Waals surface area contributed by atoms with Crippen LogP contribution in [0.15, 0.2) is 6.08 Å². The minimum Gasteiger partial charge on any atom is -0.398 e. The smallest absolute Gasteiger partial charge is 0.0446 e. The third-order valence-corrected chi connectivity index (χ3v) is 6.52. The summed E-state index contributed by atoms with van der Waals surface area (Å²) in [5.74, 6) is 1.19. The van der Waals surface area contributed by atoms with Crippen molar-refractivity contribution in [3.63, 3.8) is 0 Å². The number of allylic oxidation sites excluding steroid dienone is 1. The Labute approximate surface area is 154 Å². The van der Waals surface area contributed by atoms with Crippen molar-refractivity contribution in [2.75, 3.05) is 11.5 Å². The minimum atomic E-state index is 0.557. The first-order valence-corrected chi connectivity index (χ1v) is 10.5. The molecule has 0 saturated heterocycles. The molecule has 2 nitrogen and oxygen atoms in total. The molecule has 2 heteroatoms. The normalized spacial score (nSPS) is 20.4. The molecule has 2 fully saturated rings. The molecule has 2 aliphatic carbocycles. The van der Waals surface area contributed by atoms with E-state index in [-0.39, 0.29) is 0 Å². The monoisotopic (exact) mass is 340 g/mol. The highest BCUT2D eigenvalue weighted by molar-refractivity contribution is 5.80. The first-order valence-electron chi connectivity index (χ1n) is 10.5. The fourth-order valence-electron chi connectivity index (χ4n) is 5.15. The Hall–Kier alpha value is -1.44. The lowest BCUT2D eigenvalue weighted by Gasteiger charge is -2.31. The van der Waals surface area contributed by atoms with E-state index in [4.69, 9.17) is 11.5 Å².